The van der Waals surface area contributed by atoms with Gasteiger partial charge in [0.25, 0.3) is 0 Å². The van der Waals surface area contributed by atoms with Crippen molar-refractivity contribution in [2.24, 2.45) is 0 Å². The molecule has 1 fully saturated rings. The maximum absolute atomic E-state index is 12.5. The topological polar surface area (TPSA) is 84.0 Å². The number of nitrogens with one attached hydrogen (secondary N) is 1. The monoisotopic (exact) mass is 390 g/mol. The third-order valence-electron chi connectivity index (χ3n) is 4.82. The van der Waals surface area contributed by atoms with Crippen LogP contribution < -0.4 is 10.2 Å². The average molecular weight is 390 g/mol. The van der Waals surface area contributed by atoms with E-state index in [9.17, 15) is 9.59 Å². The number of nitrogens with zero attached hydrogens (tertiary/aromatic N) is 3. The molecule has 2 unspecified atom stereocenters. The number of aromatic nitrogens is 1. The lowest BCUT2D eigenvalue weighted by atomic mass is 10.1. The minimum absolute atomic E-state index is 0.125. The Labute approximate surface area is 166 Å². The molecule has 0 saturated carbocycles. The molecule has 0 bridgehead atoms. The molecule has 2 aliphatic rings. The maximum Gasteiger partial charge on any atom is 0.410 e. The van der Waals surface area contributed by atoms with Crippen LogP contribution in [0.15, 0.2) is 12.1 Å². The largest absolute Gasteiger partial charge is 0.444 e. The van der Waals surface area contributed by atoms with E-state index in [2.05, 4.69) is 17.1 Å². The van der Waals surface area contributed by atoms with Crippen molar-refractivity contribution in [3.05, 3.63) is 23.4 Å². The highest BCUT2D eigenvalue weighted by Crippen LogP contribution is 2.35. The van der Waals surface area contributed by atoms with Crippen LogP contribution in [-0.2, 0) is 22.5 Å². The van der Waals surface area contributed by atoms with Gasteiger partial charge in [-0.2, -0.15) is 0 Å². The summed E-state index contributed by atoms with van der Waals surface area (Å²) in [5.41, 5.74) is 1.37. The highest BCUT2D eigenvalue weighted by Gasteiger charge is 2.41. The van der Waals surface area contributed by atoms with Crippen molar-refractivity contribution < 1.29 is 19.1 Å². The van der Waals surface area contributed by atoms with Crippen molar-refractivity contribution in [3.63, 3.8) is 0 Å². The summed E-state index contributed by atoms with van der Waals surface area (Å²) >= 11 is 0. The van der Waals surface area contributed by atoms with Gasteiger partial charge in [0.15, 0.2) is 0 Å². The number of hydrogen-bond donors (Lipinski definition) is 1. The summed E-state index contributed by atoms with van der Waals surface area (Å²) in [6.07, 6.45) is 0.129. The zero-order valence-electron chi connectivity index (χ0n) is 17.3. The van der Waals surface area contributed by atoms with E-state index in [0.717, 1.165) is 17.8 Å². The van der Waals surface area contributed by atoms with Crippen molar-refractivity contribution in [3.8, 4) is 0 Å². The summed E-state index contributed by atoms with van der Waals surface area (Å²) in [5, 5.41) is 2.60. The molecule has 154 valence electrons. The summed E-state index contributed by atoms with van der Waals surface area (Å²) in [7, 11) is 0. The van der Waals surface area contributed by atoms with Crippen LogP contribution >= 0.6 is 0 Å². The Bertz CT molecular complexity index is 746. The number of pyridine rings is 1. The number of fused-ring (bicyclic) bond motifs is 3. The van der Waals surface area contributed by atoms with Crippen LogP contribution in [0.5, 0.6) is 0 Å². The Morgan fingerprint density at radius 2 is 2.04 bits per heavy atom. The third-order valence-corrected chi connectivity index (χ3v) is 4.82. The second kappa shape index (κ2) is 7.85. The molecule has 0 spiro atoms. The first-order chi connectivity index (χ1) is 13.2. The standard InChI is InChI=1S/C20H30N4O4/c1-6-21-18(25)27-12-15-8-7-14-9-16-11-23(19(26)28-20(3,4)5)10-13(2)24(16)17(14)22-15/h7-8,13,16H,6,9-12H2,1-5H3,(H,21,25). The Hall–Kier alpha value is -2.51. The lowest BCUT2D eigenvalue weighted by Crippen LogP contribution is -2.58. The van der Waals surface area contributed by atoms with Gasteiger partial charge in [0.2, 0.25) is 0 Å². The predicted octanol–water partition coefficient (Wildman–Crippen LogP) is 2.70. The number of alkyl carbamates (subject to hydrolysis) is 1. The van der Waals surface area contributed by atoms with E-state index in [-0.39, 0.29) is 24.8 Å². The number of amides is 2. The van der Waals surface area contributed by atoms with Gasteiger partial charge in [0.05, 0.1) is 11.7 Å². The molecule has 3 heterocycles. The quantitative estimate of drug-likeness (QED) is 0.854. The minimum Gasteiger partial charge on any atom is -0.444 e. The molecule has 2 atom stereocenters. The van der Waals surface area contributed by atoms with Crippen LogP contribution in [0.2, 0.25) is 0 Å². The fourth-order valence-corrected chi connectivity index (χ4v) is 3.77. The van der Waals surface area contributed by atoms with Crippen molar-refractivity contribution >= 4 is 18.0 Å². The number of piperazine rings is 1. The van der Waals surface area contributed by atoms with Crippen LogP contribution in [0, 0.1) is 0 Å². The molecule has 8 nitrogen and oxygen atoms in total. The maximum atomic E-state index is 12.5. The predicted molar refractivity (Wildman–Crippen MR) is 105 cm³/mol. The summed E-state index contributed by atoms with van der Waals surface area (Å²) in [6.45, 7) is 11.4. The molecule has 3 rings (SSSR count). The number of anilines is 1. The fourth-order valence-electron chi connectivity index (χ4n) is 3.77. The second-order valence-electron chi connectivity index (χ2n) is 8.39. The lowest BCUT2D eigenvalue weighted by molar-refractivity contribution is 0.0191. The molecule has 0 aromatic carbocycles. The van der Waals surface area contributed by atoms with Crippen molar-refractivity contribution in [1.82, 2.24) is 15.2 Å². The average Bonchev–Trinajstić information content (AvgIpc) is 2.97. The molecule has 1 aromatic heterocycles. The Morgan fingerprint density at radius 3 is 2.71 bits per heavy atom. The molecule has 8 heteroatoms. The van der Waals surface area contributed by atoms with Crippen molar-refractivity contribution in [1.29, 1.82) is 0 Å². The first-order valence-electron chi connectivity index (χ1n) is 9.83. The van der Waals surface area contributed by atoms with Gasteiger partial charge in [-0.15, -0.1) is 0 Å². The van der Waals surface area contributed by atoms with Crippen molar-refractivity contribution in [2.75, 3.05) is 24.5 Å². The van der Waals surface area contributed by atoms with E-state index in [1.807, 2.05) is 39.8 Å². The zero-order valence-corrected chi connectivity index (χ0v) is 17.3. The van der Waals surface area contributed by atoms with Crippen LogP contribution in [-0.4, -0.2) is 59.4 Å². The lowest BCUT2D eigenvalue weighted by Gasteiger charge is -2.43. The molecule has 0 radical (unpaired) electrons. The molecular formula is C20H30N4O4. The number of hydrogen-bond acceptors (Lipinski definition) is 6. The van der Waals surface area contributed by atoms with Gasteiger partial charge in [-0.3, -0.25) is 0 Å². The number of carbonyl (C=O) groups is 2. The summed E-state index contributed by atoms with van der Waals surface area (Å²) in [5.74, 6) is 0.929. The molecule has 28 heavy (non-hydrogen) atoms. The molecule has 0 aliphatic carbocycles. The van der Waals surface area contributed by atoms with Crippen LogP contribution in [0.3, 0.4) is 0 Å². The van der Waals surface area contributed by atoms with Crippen molar-refractivity contribution in [2.45, 2.75) is 65.3 Å². The first-order valence-corrected chi connectivity index (χ1v) is 9.83. The summed E-state index contributed by atoms with van der Waals surface area (Å²) < 4.78 is 10.7. The number of carbonyl (C=O) groups excluding carboxylic acids is 2. The molecule has 1 saturated heterocycles. The van der Waals surface area contributed by atoms with Crippen LogP contribution in [0.4, 0.5) is 15.4 Å². The highest BCUT2D eigenvalue weighted by atomic mass is 16.6. The molecule has 1 N–H and O–H groups in total. The van der Waals surface area contributed by atoms with E-state index in [1.54, 1.807) is 4.90 Å². The number of ether oxygens (including phenoxy) is 2. The van der Waals surface area contributed by atoms with E-state index in [4.69, 9.17) is 14.5 Å². The van der Waals surface area contributed by atoms with Gasteiger partial charge in [0, 0.05) is 25.7 Å². The Kier molecular flexibility index (Phi) is 5.67. The van der Waals surface area contributed by atoms with Gasteiger partial charge >= 0.3 is 12.2 Å². The second-order valence-corrected chi connectivity index (χ2v) is 8.39. The summed E-state index contributed by atoms with van der Waals surface area (Å²) in [4.78, 5) is 32.8. The van der Waals surface area contributed by atoms with Gasteiger partial charge in [-0.25, -0.2) is 14.6 Å². The molecule has 2 amide bonds. The van der Waals surface area contributed by atoms with Gasteiger partial charge in [-0.1, -0.05) is 6.07 Å². The van der Waals surface area contributed by atoms with E-state index in [0.29, 0.717) is 25.3 Å². The number of rotatable bonds is 3. The van der Waals surface area contributed by atoms with E-state index < -0.39 is 11.7 Å². The Morgan fingerprint density at radius 1 is 1.29 bits per heavy atom. The Balaban J connectivity index is 1.69. The van der Waals surface area contributed by atoms with Crippen LogP contribution in [0.25, 0.3) is 0 Å². The third kappa shape index (κ3) is 4.48. The van der Waals surface area contributed by atoms with Crippen LogP contribution in [0.1, 0.15) is 45.9 Å². The van der Waals surface area contributed by atoms with E-state index >= 15 is 0 Å². The molecule has 1 aromatic rings. The molecule has 2 aliphatic heterocycles. The first kappa shape index (κ1) is 20.2. The minimum atomic E-state index is -0.503. The smallest absolute Gasteiger partial charge is 0.410 e. The molecular weight excluding hydrogens is 360 g/mol. The normalized spacial score (nSPS) is 21.0. The SMILES string of the molecule is CCNC(=O)OCc1ccc2c(n1)N1C(C)CN(C(=O)OC(C)(C)C)CC1C2. The van der Waals surface area contributed by atoms with Gasteiger partial charge < -0.3 is 24.6 Å². The fraction of sp³-hybridized carbons (Fsp3) is 0.650. The van der Waals surface area contributed by atoms with E-state index in [1.165, 1.54) is 0 Å². The van der Waals surface area contributed by atoms with Gasteiger partial charge in [-0.05, 0) is 52.7 Å². The zero-order chi connectivity index (χ0) is 20.5. The summed E-state index contributed by atoms with van der Waals surface area (Å²) in [6, 6.07) is 4.24. The highest BCUT2D eigenvalue weighted by molar-refractivity contribution is 5.70. The van der Waals surface area contributed by atoms with Gasteiger partial charge in [0.1, 0.15) is 18.0 Å².